The van der Waals surface area contributed by atoms with E-state index in [0.29, 0.717) is 22.4 Å². The Labute approximate surface area is 178 Å². The number of carbonyl (C=O) groups excluding carboxylic acids is 1. The van der Waals surface area contributed by atoms with Crippen molar-refractivity contribution in [2.75, 3.05) is 6.79 Å². The molecule has 0 aliphatic carbocycles. The molecule has 2 heterocycles. The van der Waals surface area contributed by atoms with Crippen LogP contribution < -0.4 is 20.3 Å². The van der Waals surface area contributed by atoms with Gasteiger partial charge in [0.2, 0.25) is 12.7 Å². The van der Waals surface area contributed by atoms with Crippen molar-refractivity contribution >= 4 is 29.0 Å². The molecule has 0 radical (unpaired) electrons. The highest BCUT2D eigenvalue weighted by Crippen LogP contribution is 2.34. The maximum Gasteiger partial charge on any atom is 0.262 e. The third-order valence-corrected chi connectivity index (χ3v) is 5.48. The number of fused-ring (bicyclic) bond motifs is 2. The van der Waals surface area contributed by atoms with Gasteiger partial charge in [-0.2, -0.15) is 0 Å². The van der Waals surface area contributed by atoms with E-state index in [1.54, 1.807) is 12.1 Å². The second kappa shape index (κ2) is 8.71. The lowest BCUT2D eigenvalue weighted by Crippen LogP contribution is -2.34. The van der Waals surface area contributed by atoms with Gasteiger partial charge >= 0.3 is 0 Å². The number of benzene rings is 2. The van der Waals surface area contributed by atoms with Gasteiger partial charge in [-0.25, -0.2) is 0 Å². The van der Waals surface area contributed by atoms with E-state index < -0.39 is 0 Å². The standard InChI is InChI=1S/C22H23N3O4S/c1-14(7-8-15-5-3-2-4-6-15)23-20(26)9-10-25-21(27)16-11-18-19(29-13-28-18)12-17(16)24-22(25)30/h2-6,11-12,14H,7-10,13H2,1H3,(H,23,26)(H,24,30)/t14-/m0/s1. The quantitative estimate of drug-likeness (QED) is 0.567. The Morgan fingerprint density at radius 1 is 1.23 bits per heavy atom. The Morgan fingerprint density at radius 3 is 2.73 bits per heavy atom. The van der Waals surface area contributed by atoms with Crippen LogP contribution in [0, 0.1) is 4.77 Å². The molecule has 1 aromatic heterocycles. The van der Waals surface area contributed by atoms with Crippen molar-refractivity contribution < 1.29 is 14.3 Å². The summed E-state index contributed by atoms with van der Waals surface area (Å²) < 4.78 is 12.4. The van der Waals surface area contributed by atoms with Crippen LogP contribution in [0.5, 0.6) is 11.5 Å². The number of hydrogen-bond donors (Lipinski definition) is 2. The predicted octanol–water partition coefficient (Wildman–Crippen LogP) is 3.32. The summed E-state index contributed by atoms with van der Waals surface area (Å²) in [6.07, 6.45) is 1.91. The van der Waals surface area contributed by atoms with E-state index in [2.05, 4.69) is 22.4 Å². The smallest absolute Gasteiger partial charge is 0.262 e. The molecule has 1 aliphatic rings. The molecule has 8 heteroatoms. The number of nitrogens with one attached hydrogen (secondary N) is 2. The Bertz CT molecular complexity index is 1190. The molecule has 3 aromatic rings. The van der Waals surface area contributed by atoms with Crippen LogP contribution in [-0.2, 0) is 17.8 Å². The number of aromatic amines is 1. The number of amides is 1. The van der Waals surface area contributed by atoms with Gasteiger partial charge in [0.05, 0.1) is 10.9 Å². The van der Waals surface area contributed by atoms with Gasteiger partial charge in [0.25, 0.3) is 5.56 Å². The van der Waals surface area contributed by atoms with Gasteiger partial charge < -0.3 is 19.8 Å². The first-order valence-electron chi connectivity index (χ1n) is 9.91. The zero-order valence-corrected chi connectivity index (χ0v) is 17.5. The number of carbonyl (C=O) groups is 1. The Kier molecular flexibility index (Phi) is 5.85. The van der Waals surface area contributed by atoms with Crippen LogP contribution in [0.25, 0.3) is 10.9 Å². The molecule has 0 spiro atoms. The van der Waals surface area contributed by atoms with Crippen molar-refractivity contribution in [3.05, 3.63) is 63.2 Å². The van der Waals surface area contributed by atoms with E-state index >= 15 is 0 Å². The van der Waals surface area contributed by atoms with Crippen LogP contribution >= 0.6 is 12.2 Å². The summed E-state index contributed by atoms with van der Waals surface area (Å²) in [6, 6.07) is 13.6. The average molecular weight is 426 g/mol. The fourth-order valence-corrected chi connectivity index (χ4v) is 3.79. The molecular weight excluding hydrogens is 402 g/mol. The van der Waals surface area contributed by atoms with Gasteiger partial charge in [-0.1, -0.05) is 30.3 Å². The average Bonchev–Trinajstić information content (AvgIpc) is 3.19. The molecule has 2 aromatic carbocycles. The first kappa shape index (κ1) is 20.2. The number of nitrogens with zero attached hydrogens (tertiary/aromatic N) is 1. The Balaban J connectivity index is 1.39. The molecular formula is C22H23N3O4S. The molecule has 2 N–H and O–H groups in total. The molecule has 0 unspecified atom stereocenters. The van der Waals surface area contributed by atoms with Crippen LogP contribution in [0.4, 0.5) is 0 Å². The van der Waals surface area contributed by atoms with E-state index in [9.17, 15) is 9.59 Å². The summed E-state index contributed by atoms with van der Waals surface area (Å²) in [6.45, 7) is 2.32. The van der Waals surface area contributed by atoms with Crippen molar-refractivity contribution in [3.63, 3.8) is 0 Å². The molecule has 0 fully saturated rings. The number of H-pyrrole nitrogens is 1. The highest BCUT2D eigenvalue weighted by atomic mass is 32.1. The second-order valence-corrected chi connectivity index (χ2v) is 7.77. The lowest BCUT2D eigenvalue weighted by atomic mass is 10.1. The third kappa shape index (κ3) is 4.38. The Hall–Kier alpha value is -3.13. The highest BCUT2D eigenvalue weighted by Gasteiger charge is 2.17. The minimum Gasteiger partial charge on any atom is -0.454 e. The summed E-state index contributed by atoms with van der Waals surface area (Å²) in [5.74, 6) is 0.999. The minimum absolute atomic E-state index is 0.0419. The molecule has 0 saturated carbocycles. The SMILES string of the molecule is C[C@@H](CCc1ccccc1)NC(=O)CCn1c(=S)[nH]c2cc3c(cc2c1=O)OCO3. The molecule has 1 atom stereocenters. The molecule has 1 amide bonds. The normalized spacial score (nSPS) is 13.4. The fraction of sp³-hybridized carbons (Fsp3) is 0.318. The van der Waals surface area contributed by atoms with Crippen molar-refractivity contribution in [2.45, 2.75) is 38.8 Å². The number of hydrogen-bond acceptors (Lipinski definition) is 5. The maximum atomic E-state index is 12.9. The van der Waals surface area contributed by atoms with Crippen LogP contribution in [0.2, 0.25) is 0 Å². The van der Waals surface area contributed by atoms with Gasteiger partial charge in [0, 0.05) is 25.1 Å². The molecule has 0 saturated heterocycles. The zero-order valence-electron chi connectivity index (χ0n) is 16.6. The molecule has 4 rings (SSSR count). The van der Waals surface area contributed by atoms with Gasteiger partial charge in [-0.05, 0) is 43.6 Å². The van der Waals surface area contributed by atoms with E-state index in [-0.39, 0.29) is 42.0 Å². The van der Waals surface area contributed by atoms with E-state index in [0.717, 1.165) is 12.8 Å². The lowest BCUT2D eigenvalue weighted by Gasteiger charge is -2.14. The number of aryl methyl sites for hydroxylation is 1. The first-order chi connectivity index (χ1) is 14.5. The number of aromatic nitrogens is 2. The van der Waals surface area contributed by atoms with Crippen molar-refractivity contribution in [3.8, 4) is 11.5 Å². The monoisotopic (exact) mass is 425 g/mol. The lowest BCUT2D eigenvalue weighted by molar-refractivity contribution is -0.121. The molecule has 30 heavy (non-hydrogen) atoms. The maximum absolute atomic E-state index is 12.9. The summed E-state index contributed by atoms with van der Waals surface area (Å²) in [7, 11) is 0. The summed E-state index contributed by atoms with van der Waals surface area (Å²) in [4.78, 5) is 28.3. The molecule has 0 bridgehead atoms. The Morgan fingerprint density at radius 2 is 1.97 bits per heavy atom. The highest BCUT2D eigenvalue weighted by molar-refractivity contribution is 7.71. The van der Waals surface area contributed by atoms with Gasteiger partial charge in [0.1, 0.15) is 0 Å². The van der Waals surface area contributed by atoms with Gasteiger partial charge in [-0.3, -0.25) is 14.2 Å². The van der Waals surface area contributed by atoms with Gasteiger partial charge in [0.15, 0.2) is 16.3 Å². The number of rotatable bonds is 7. The topological polar surface area (TPSA) is 85.4 Å². The van der Waals surface area contributed by atoms with Crippen molar-refractivity contribution in [2.24, 2.45) is 0 Å². The second-order valence-electron chi connectivity index (χ2n) is 7.38. The molecule has 7 nitrogen and oxygen atoms in total. The van der Waals surface area contributed by atoms with Crippen LogP contribution in [0.3, 0.4) is 0 Å². The molecule has 156 valence electrons. The zero-order chi connectivity index (χ0) is 21.1. The van der Waals surface area contributed by atoms with E-state index in [4.69, 9.17) is 21.7 Å². The van der Waals surface area contributed by atoms with Crippen LogP contribution in [0.1, 0.15) is 25.3 Å². The number of ether oxygens (including phenoxy) is 2. The third-order valence-electron chi connectivity index (χ3n) is 5.15. The van der Waals surface area contributed by atoms with Crippen LogP contribution in [-0.4, -0.2) is 28.3 Å². The van der Waals surface area contributed by atoms with E-state index in [1.165, 1.54) is 10.1 Å². The largest absolute Gasteiger partial charge is 0.454 e. The summed E-state index contributed by atoms with van der Waals surface area (Å²) >= 11 is 5.33. The van der Waals surface area contributed by atoms with Crippen molar-refractivity contribution in [1.82, 2.24) is 14.9 Å². The summed E-state index contributed by atoms with van der Waals surface area (Å²) in [5.41, 5.74) is 1.58. The van der Waals surface area contributed by atoms with Crippen molar-refractivity contribution in [1.29, 1.82) is 0 Å². The van der Waals surface area contributed by atoms with E-state index in [1.807, 2.05) is 25.1 Å². The summed E-state index contributed by atoms with van der Waals surface area (Å²) in [5, 5.41) is 3.44. The predicted molar refractivity (Wildman–Crippen MR) is 117 cm³/mol. The molecule has 1 aliphatic heterocycles. The van der Waals surface area contributed by atoms with Crippen LogP contribution in [0.15, 0.2) is 47.3 Å². The van der Waals surface area contributed by atoms with Gasteiger partial charge in [-0.15, -0.1) is 0 Å². The minimum atomic E-state index is -0.253. The first-order valence-corrected chi connectivity index (χ1v) is 10.3. The fourth-order valence-electron chi connectivity index (χ4n) is 3.51.